The first-order chi connectivity index (χ1) is 7.59. The van der Waals surface area contributed by atoms with Gasteiger partial charge in [-0.25, -0.2) is 9.59 Å². The second-order valence-electron chi connectivity index (χ2n) is 3.08. The number of hydrogen-bond donors (Lipinski definition) is 3. The van der Waals surface area contributed by atoms with Crippen LogP contribution in [0.4, 0.5) is 9.59 Å². The number of urea groups is 1. The van der Waals surface area contributed by atoms with Crippen molar-refractivity contribution in [1.82, 2.24) is 5.32 Å². The van der Waals surface area contributed by atoms with Gasteiger partial charge in [-0.05, 0) is 5.56 Å². The van der Waals surface area contributed by atoms with E-state index in [2.05, 4.69) is 5.32 Å². The minimum atomic E-state index is -0.903. The highest BCUT2D eigenvalue weighted by atomic mass is 16.6. The number of amides is 3. The van der Waals surface area contributed by atoms with E-state index in [0.717, 1.165) is 5.56 Å². The Labute approximate surface area is 92.6 Å². The molecular formula is C10H13N3O3. The summed E-state index contributed by atoms with van der Waals surface area (Å²) in [6, 6.07) is 8.24. The van der Waals surface area contributed by atoms with Crippen LogP contribution in [-0.2, 0) is 4.74 Å². The van der Waals surface area contributed by atoms with Crippen LogP contribution in [0.15, 0.2) is 30.3 Å². The van der Waals surface area contributed by atoms with Gasteiger partial charge in [-0.1, -0.05) is 30.3 Å². The smallest absolute Gasteiger partial charge is 0.405 e. The summed E-state index contributed by atoms with van der Waals surface area (Å²) in [5, 5.41) is 2.36. The van der Waals surface area contributed by atoms with E-state index in [-0.39, 0.29) is 6.54 Å². The van der Waals surface area contributed by atoms with Gasteiger partial charge in [-0.2, -0.15) is 0 Å². The third-order valence-corrected chi connectivity index (χ3v) is 1.89. The van der Waals surface area contributed by atoms with Gasteiger partial charge in [0.15, 0.2) is 0 Å². The van der Waals surface area contributed by atoms with Crippen molar-refractivity contribution < 1.29 is 14.3 Å². The van der Waals surface area contributed by atoms with Gasteiger partial charge in [0.1, 0.15) is 6.10 Å². The topological polar surface area (TPSA) is 107 Å². The molecular weight excluding hydrogens is 210 g/mol. The molecule has 0 heterocycles. The molecule has 86 valence electrons. The standard InChI is InChI=1S/C10H13N3O3/c11-9(14)13-6-8(16-10(12)15)7-4-2-1-3-5-7/h1-5,8H,6H2,(H2,12,15)(H3,11,13,14)/t8-/m0/s1. The fraction of sp³-hybridized carbons (Fsp3) is 0.200. The molecule has 0 unspecified atom stereocenters. The lowest BCUT2D eigenvalue weighted by Gasteiger charge is -2.16. The first-order valence-electron chi connectivity index (χ1n) is 4.64. The molecule has 16 heavy (non-hydrogen) atoms. The Kier molecular flexibility index (Phi) is 4.14. The average molecular weight is 223 g/mol. The molecule has 5 N–H and O–H groups in total. The summed E-state index contributed by atoms with van der Waals surface area (Å²) >= 11 is 0. The van der Waals surface area contributed by atoms with E-state index in [9.17, 15) is 9.59 Å². The first-order valence-corrected chi connectivity index (χ1v) is 4.64. The van der Waals surface area contributed by atoms with E-state index in [1.165, 1.54) is 0 Å². The van der Waals surface area contributed by atoms with Gasteiger partial charge in [0.2, 0.25) is 0 Å². The van der Waals surface area contributed by atoms with E-state index in [0.29, 0.717) is 0 Å². The molecule has 0 radical (unpaired) electrons. The minimum absolute atomic E-state index is 0.0856. The predicted molar refractivity (Wildman–Crippen MR) is 57.4 cm³/mol. The molecule has 1 rings (SSSR count). The molecule has 6 nitrogen and oxygen atoms in total. The molecule has 0 fully saturated rings. The van der Waals surface area contributed by atoms with Gasteiger partial charge in [-0.3, -0.25) is 0 Å². The lowest BCUT2D eigenvalue weighted by molar-refractivity contribution is 0.107. The lowest BCUT2D eigenvalue weighted by atomic mass is 10.1. The van der Waals surface area contributed by atoms with Crippen LogP contribution in [0.1, 0.15) is 11.7 Å². The summed E-state index contributed by atoms with van der Waals surface area (Å²) in [7, 11) is 0. The fourth-order valence-corrected chi connectivity index (χ4v) is 1.23. The van der Waals surface area contributed by atoms with Crippen LogP contribution < -0.4 is 16.8 Å². The van der Waals surface area contributed by atoms with Crippen molar-refractivity contribution in [1.29, 1.82) is 0 Å². The number of primary amides is 2. The van der Waals surface area contributed by atoms with Gasteiger partial charge in [-0.15, -0.1) is 0 Å². The minimum Gasteiger partial charge on any atom is -0.440 e. The zero-order chi connectivity index (χ0) is 12.0. The second kappa shape index (κ2) is 5.59. The highest BCUT2D eigenvalue weighted by Crippen LogP contribution is 2.15. The second-order valence-corrected chi connectivity index (χ2v) is 3.08. The zero-order valence-electron chi connectivity index (χ0n) is 8.55. The van der Waals surface area contributed by atoms with Crippen LogP contribution >= 0.6 is 0 Å². The Balaban J connectivity index is 2.71. The number of nitrogens with two attached hydrogens (primary N) is 2. The van der Waals surface area contributed by atoms with Crippen LogP contribution in [0.25, 0.3) is 0 Å². The molecule has 3 amide bonds. The van der Waals surface area contributed by atoms with Crippen LogP contribution in [-0.4, -0.2) is 18.7 Å². The number of rotatable bonds is 4. The van der Waals surface area contributed by atoms with Gasteiger partial charge < -0.3 is 21.5 Å². The highest BCUT2D eigenvalue weighted by molar-refractivity contribution is 5.71. The Morgan fingerprint density at radius 1 is 1.25 bits per heavy atom. The largest absolute Gasteiger partial charge is 0.440 e. The van der Waals surface area contributed by atoms with E-state index < -0.39 is 18.2 Å². The number of hydrogen-bond acceptors (Lipinski definition) is 3. The first kappa shape index (κ1) is 11.8. The Morgan fingerprint density at radius 3 is 2.38 bits per heavy atom. The monoisotopic (exact) mass is 223 g/mol. The van der Waals surface area contributed by atoms with Crippen LogP contribution in [0, 0.1) is 0 Å². The molecule has 6 heteroatoms. The quantitative estimate of drug-likeness (QED) is 0.691. The molecule has 0 spiro atoms. The van der Waals surface area contributed by atoms with Gasteiger partial charge >= 0.3 is 12.1 Å². The summed E-state index contributed by atoms with van der Waals surface area (Å²) in [5.74, 6) is 0. The predicted octanol–water partition coefficient (Wildman–Crippen LogP) is 0.491. The van der Waals surface area contributed by atoms with Crippen LogP contribution in [0.5, 0.6) is 0 Å². The van der Waals surface area contributed by atoms with Crippen LogP contribution in [0.3, 0.4) is 0 Å². The third-order valence-electron chi connectivity index (χ3n) is 1.89. The van der Waals surface area contributed by atoms with E-state index in [1.54, 1.807) is 24.3 Å². The van der Waals surface area contributed by atoms with Gasteiger partial charge in [0, 0.05) is 0 Å². The molecule has 0 saturated heterocycles. The maximum absolute atomic E-state index is 10.7. The molecule has 1 atom stereocenters. The molecule has 1 aromatic rings. The average Bonchev–Trinajstić information content (AvgIpc) is 2.25. The maximum Gasteiger partial charge on any atom is 0.405 e. The van der Waals surface area contributed by atoms with Crippen molar-refractivity contribution >= 4 is 12.1 Å². The van der Waals surface area contributed by atoms with Crippen molar-refractivity contribution in [2.24, 2.45) is 11.5 Å². The van der Waals surface area contributed by atoms with Gasteiger partial charge in [0.25, 0.3) is 0 Å². The SMILES string of the molecule is NC(=O)NC[C@H](OC(N)=O)c1ccccc1. The maximum atomic E-state index is 10.7. The number of ether oxygens (including phenoxy) is 1. The van der Waals surface area contributed by atoms with Crippen molar-refractivity contribution in [3.8, 4) is 0 Å². The number of carbonyl (C=O) groups is 2. The molecule has 0 aromatic heterocycles. The highest BCUT2D eigenvalue weighted by Gasteiger charge is 2.15. The number of carbonyl (C=O) groups excluding carboxylic acids is 2. The van der Waals surface area contributed by atoms with Gasteiger partial charge in [0.05, 0.1) is 6.54 Å². The Bertz CT molecular complexity index is 367. The third kappa shape index (κ3) is 3.87. The van der Waals surface area contributed by atoms with Crippen molar-refractivity contribution in [3.05, 3.63) is 35.9 Å². The molecule has 0 aliphatic rings. The van der Waals surface area contributed by atoms with E-state index >= 15 is 0 Å². The summed E-state index contributed by atoms with van der Waals surface area (Å²) in [4.78, 5) is 21.2. The Hall–Kier alpha value is -2.24. The number of benzene rings is 1. The molecule has 0 aliphatic heterocycles. The fourth-order valence-electron chi connectivity index (χ4n) is 1.23. The Morgan fingerprint density at radius 2 is 1.88 bits per heavy atom. The summed E-state index contributed by atoms with van der Waals surface area (Å²) in [5.41, 5.74) is 10.6. The van der Waals surface area contributed by atoms with E-state index in [1.807, 2.05) is 6.07 Å². The molecule has 0 aliphatic carbocycles. The molecule has 0 saturated carbocycles. The summed E-state index contributed by atoms with van der Waals surface area (Å²) in [6.45, 7) is 0.0856. The lowest BCUT2D eigenvalue weighted by Crippen LogP contribution is -2.35. The van der Waals surface area contributed by atoms with E-state index in [4.69, 9.17) is 16.2 Å². The van der Waals surface area contributed by atoms with Crippen LogP contribution in [0.2, 0.25) is 0 Å². The number of nitrogens with one attached hydrogen (secondary N) is 1. The molecule has 0 bridgehead atoms. The summed E-state index contributed by atoms with van der Waals surface area (Å²) in [6.07, 6.45) is -1.54. The zero-order valence-corrected chi connectivity index (χ0v) is 8.55. The van der Waals surface area contributed by atoms with Crippen molar-refractivity contribution in [3.63, 3.8) is 0 Å². The normalized spacial score (nSPS) is 11.5. The van der Waals surface area contributed by atoms with Crippen molar-refractivity contribution in [2.75, 3.05) is 6.54 Å². The molecule has 1 aromatic carbocycles. The summed E-state index contributed by atoms with van der Waals surface area (Å²) < 4.78 is 4.86. The van der Waals surface area contributed by atoms with Crippen molar-refractivity contribution in [2.45, 2.75) is 6.10 Å².